The lowest BCUT2D eigenvalue weighted by molar-refractivity contribution is -0.912. The van der Waals surface area contributed by atoms with Crippen LogP contribution in [-0.4, -0.2) is 31.3 Å². The monoisotopic (exact) mass is 131 g/mol. The van der Waals surface area contributed by atoms with E-state index in [4.69, 9.17) is 5.73 Å². The van der Waals surface area contributed by atoms with Gasteiger partial charge >= 0.3 is 0 Å². The zero-order chi connectivity index (χ0) is 7.49. The van der Waals surface area contributed by atoms with Crippen LogP contribution >= 0.6 is 0 Å². The fraction of sp³-hybridized carbons (Fsp3) is 1.00. The molecular formula is C7H19N2+. The number of nitrogens with two attached hydrogens (primary N) is 1. The number of hydrogen-bond acceptors (Lipinski definition) is 1. The van der Waals surface area contributed by atoms with Gasteiger partial charge in [0.2, 0.25) is 0 Å². The van der Waals surface area contributed by atoms with Crippen molar-refractivity contribution in [3.05, 3.63) is 0 Å². The molecule has 0 aliphatic carbocycles. The Hall–Kier alpha value is -0.0800. The third kappa shape index (κ3) is 2.82. The molecule has 0 rings (SSSR count). The molecule has 9 heavy (non-hydrogen) atoms. The van der Waals surface area contributed by atoms with Gasteiger partial charge in [0.15, 0.2) is 0 Å². The molecule has 0 aliphatic heterocycles. The first-order valence-electron chi connectivity index (χ1n) is 3.59. The molecule has 2 N–H and O–H groups in total. The van der Waals surface area contributed by atoms with Gasteiger partial charge in [-0.25, -0.2) is 0 Å². The third-order valence-corrected chi connectivity index (χ3v) is 1.90. The molecule has 56 valence electrons. The van der Waals surface area contributed by atoms with Crippen molar-refractivity contribution in [1.82, 2.24) is 0 Å². The molecule has 0 aromatic rings. The lowest BCUT2D eigenvalue weighted by atomic mass is 10.3. The summed E-state index contributed by atoms with van der Waals surface area (Å²) in [6.45, 7) is 5.40. The van der Waals surface area contributed by atoms with Crippen molar-refractivity contribution in [2.45, 2.75) is 26.4 Å². The van der Waals surface area contributed by atoms with E-state index in [2.05, 4.69) is 27.9 Å². The molecule has 0 aromatic carbocycles. The molecule has 2 heteroatoms. The second kappa shape index (κ2) is 3.18. The maximum Gasteiger partial charge on any atom is 0.137 e. The molecule has 2 nitrogen and oxygen atoms in total. The van der Waals surface area contributed by atoms with Crippen molar-refractivity contribution in [1.29, 1.82) is 0 Å². The Kier molecular flexibility index (Phi) is 3.15. The minimum Gasteiger partial charge on any atom is -0.314 e. The molecule has 0 saturated carbocycles. The van der Waals surface area contributed by atoms with Gasteiger partial charge in [-0.1, -0.05) is 6.92 Å². The quantitative estimate of drug-likeness (QED) is 0.444. The standard InChI is InChI=1S/C7H19N2/c1-5-6-9(3,4)7(2)8/h7H,5-6,8H2,1-4H3/q+1. The van der Waals surface area contributed by atoms with E-state index in [-0.39, 0.29) is 6.17 Å². The summed E-state index contributed by atoms with van der Waals surface area (Å²) in [6, 6.07) is 0. The predicted octanol–water partition coefficient (Wildman–Crippen LogP) is 0.778. The van der Waals surface area contributed by atoms with Crippen LogP contribution < -0.4 is 5.73 Å². The molecule has 1 atom stereocenters. The molecule has 1 unspecified atom stereocenters. The van der Waals surface area contributed by atoms with Gasteiger partial charge in [0, 0.05) is 6.92 Å². The average molecular weight is 131 g/mol. The van der Waals surface area contributed by atoms with E-state index in [9.17, 15) is 0 Å². The molecule has 0 heterocycles. The number of nitrogens with zero attached hydrogens (tertiary/aromatic N) is 1. The third-order valence-electron chi connectivity index (χ3n) is 1.90. The molecule has 0 saturated heterocycles. The molecule has 0 aliphatic rings. The molecule has 0 aromatic heterocycles. The summed E-state index contributed by atoms with van der Waals surface area (Å²) in [5.41, 5.74) is 5.73. The lowest BCUT2D eigenvalue weighted by Gasteiger charge is -2.33. The summed E-state index contributed by atoms with van der Waals surface area (Å²) in [4.78, 5) is 0. The SMILES string of the molecule is CCC[N+](C)(C)C(C)N. The van der Waals surface area contributed by atoms with Gasteiger partial charge in [0.05, 0.1) is 20.6 Å². The normalized spacial score (nSPS) is 15.7. The van der Waals surface area contributed by atoms with Crippen LogP contribution in [0.4, 0.5) is 0 Å². The minimum absolute atomic E-state index is 0.255. The Bertz CT molecular complexity index is 77.0. The van der Waals surface area contributed by atoms with Crippen LogP contribution in [0, 0.1) is 0 Å². The highest BCUT2D eigenvalue weighted by Crippen LogP contribution is 2.01. The van der Waals surface area contributed by atoms with Crippen LogP contribution in [-0.2, 0) is 0 Å². The van der Waals surface area contributed by atoms with Crippen molar-refractivity contribution < 1.29 is 4.48 Å². The fourth-order valence-corrected chi connectivity index (χ4v) is 0.780. The van der Waals surface area contributed by atoms with Gasteiger partial charge in [-0.05, 0) is 6.42 Å². The van der Waals surface area contributed by atoms with Crippen molar-refractivity contribution in [2.75, 3.05) is 20.6 Å². The summed E-state index contributed by atoms with van der Waals surface area (Å²) >= 11 is 0. The second-order valence-electron chi connectivity index (χ2n) is 3.24. The zero-order valence-electron chi connectivity index (χ0n) is 7.02. The molecule has 0 amide bonds. The zero-order valence-corrected chi connectivity index (χ0v) is 7.02. The fourth-order valence-electron chi connectivity index (χ4n) is 0.780. The predicted molar refractivity (Wildman–Crippen MR) is 40.9 cm³/mol. The van der Waals surface area contributed by atoms with Gasteiger partial charge in [-0.15, -0.1) is 0 Å². The number of rotatable bonds is 3. The van der Waals surface area contributed by atoms with E-state index in [0.29, 0.717) is 0 Å². The topological polar surface area (TPSA) is 26.0 Å². The van der Waals surface area contributed by atoms with Crippen LogP contribution in [0.2, 0.25) is 0 Å². The Balaban J connectivity index is 3.70. The van der Waals surface area contributed by atoms with Gasteiger partial charge in [0.1, 0.15) is 6.17 Å². The first-order chi connectivity index (χ1) is 4.00. The molecule has 0 fully saturated rings. The van der Waals surface area contributed by atoms with E-state index in [1.54, 1.807) is 0 Å². The van der Waals surface area contributed by atoms with Crippen molar-refractivity contribution >= 4 is 0 Å². The van der Waals surface area contributed by atoms with Crippen LogP contribution in [0.5, 0.6) is 0 Å². The lowest BCUT2D eigenvalue weighted by Crippen LogP contribution is -2.52. The average Bonchev–Trinajstić information content (AvgIpc) is 1.65. The van der Waals surface area contributed by atoms with Gasteiger partial charge < -0.3 is 4.48 Å². The Labute approximate surface area is 58.2 Å². The molecule has 0 spiro atoms. The summed E-state index contributed by atoms with van der Waals surface area (Å²) in [6.07, 6.45) is 1.46. The van der Waals surface area contributed by atoms with E-state index in [1.807, 2.05) is 0 Å². The van der Waals surface area contributed by atoms with Gasteiger partial charge in [-0.2, -0.15) is 0 Å². The van der Waals surface area contributed by atoms with E-state index >= 15 is 0 Å². The van der Waals surface area contributed by atoms with Crippen LogP contribution in [0.15, 0.2) is 0 Å². The Morgan fingerprint density at radius 2 is 1.89 bits per heavy atom. The van der Waals surface area contributed by atoms with E-state index < -0.39 is 0 Å². The largest absolute Gasteiger partial charge is 0.314 e. The molecule has 0 bridgehead atoms. The van der Waals surface area contributed by atoms with Crippen molar-refractivity contribution in [3.8, 4) is 0 Å². The summed E-state index contributed by atoms with van der Waals surface area (Å²) in [5, 5.41) is 0. The van der Waals surface area contributed by atoms with Crippen molar-refractivity contribution in [3.63, 3.8) is 0 Å². The van der Waals surface area contributed by atoms with E-state index in [1.165, 1.54) is 6.42 Å². The van der Waals surface area contributed by atoms with Crippen LogP contribution in [0.3, 0.4) is 0 Å². The smallest absolute Gasteiger partial charge is 0.137 e. The van der Waals surface area contributed by atoms with Gasteiger partial charge in [-0.3, -0.25) is 5.73 Å². The summed E-state index contributed by atoms with van der Waals surface area (Å²) in [7, 11) is 4.32. The first kappa shape index (κ1) is 8.92. The molecule has 0 radical (unpaired) electrons. The van der Waals surface area contributed by atoms with Crippen LogP contribution in [0.1, 0.15) is 20.3 Å². The van der Waals surface area contributed by atoms with Crippen molar-refractivity contribution in [2.24, 2.45) is 5.73 Å². The molecular weight excluding hydrogens is 112 g/mol. The highest BCUT2D eigenvalue weighted by molar-refractivity contribution is 4.36. The van der Waals surface area contributed by atoms with Gasteiger partial charge in [0.25, 0.3) is 0 Å². The van der Waals surface area contributed by atoms with E-state index in [0.717, 1.165) is 11.0 Å². The second-order valence-corrected chi connectivity index (χ2v) is 3.24. The Morgan fingerprint density at radius 1 is 1.44 bits per heavy atom. The maximum absolute atomic E-state index is 5.73. The maximum atomic E-state index is 5.73. The number of hydrogen-bond donors (Lipinski definition) is 1. The minimum atomic E-state index is 0.255. The summed E-state index contributed by atoms with van der Waals surface area (Å²) < 4.78 is 0.927. The summed E-state index contributed by atoms with van der Waals surface area (Å²) in [5.74, 6) is 0. The first-order valence-corrected chi connectivity index (χ1v) is 3.59. The van der Waals surface area contributed by atoms with Crippen LogP contribution in [0.25, 0.3) is 0 Å². The highest BCUT2D eigenvalue weighted by atomic mass is 15.4. The highest BCUT2D eigenvalue weighted by Gasteiger charge is 2.17. The number of quaternary nitrogens is 1. The Morgan fingerprint density at radius 3 is 2.00 bits per heavy atom.